The lowest BCUT2D eigenvalue weighted by atomic mass is 10.2. The van der Waals surface area contributed by atoms with Gasteiger partial charge in [0.25, 0.3) is 5.89 Å². The summed E-state index contributed by atoms with van der Waals surface area (Å²) < 4.78 is 46.2. The van der Waals surface area contributed by atoms with Crippen LogP contribution >= 0.6 is 0 Å². The quantitative estimate of drug-likeness (QED) is 0.869. The van der Waals surface area contributed by atoms with Crippen molar-refractivity contribution in [1.29, 1.82) is 0 Å². The standard InChI is InChI=1S/C11H10F3N3O2/c1-18-8-3-2-6(4-7(8)15)10-16-9(17-19-10)5-11(12,13)14/h2-4H,5,15H2,1H3. The summed E-state index contributed by atoms with van der Waals surface area (Å²) in [6.07, 6.45) is -5.61. The molecule has 0 spiro atoms. The van der Waals surface area contributed by atoms with E-state index in [9.17, 15) is 13.2 Å². The molecule has 0 fully saturated rings. The first-order valence-corrected chi connectivity index (χ1v) is 5.22. The number of methoxy groups -OCH3 is 1. The van der Waals surface area contributed by atoms with Gasteiger partial charge in [-0.05, 0) is 18.2 Å². The minimum Gasteiger partial charge on any atom is -0.495 e. The number of hydrogen-bond donors (Lipinski definition) is 1. The van der Waals surface area contributed by atoms with Gasteiger partial charge in [-0.3, -0.25) is 0 Å². The molecule has 0 bridgehead atoms. The predicted molar refractivity (Wildman–Crippen MR) is 60.5 cm³/mol. The topological polar surface area (TPSA) is 74.2 Å². The van der Waals surface area contributed by atoms with Crippen molar-refractivity contribution in [3.8, 4) is 17.2 Å². The van der Waals surface area contributed by atoms with Gasteiger partial charge in [0, 0.05) is 5.56 Å². The zero-order chi connectivity index (χ0) is 14.0. The monoisotopic (exact) mass is 273 g/mol. The molecule has 2 aromatic rings. The van der Waals surface area contributed by atoms with E-state index >= 15 is 0 Å². The van der Waals surface area contributed by atoms with Crippen LogP contribution in [0.25, 0.3) is 11.5 Å². The summed E-state index contributed by atoms with van der Waals surface area (Å²) in [6, 6.07) is 4.63. The number of nitrogens with zero attached hydrogens (tertiary/aromatic N) is 2. The van der Waals surface area contributed by atoms with E-state index in [4.69, 9.17) is 15.0 Å². The van der Waals surface area contributed by atoms with Crippen LogP contribution in [-0.4, -0.2) is 23.4 Å². The highest BCUT2D eigenvalue weighted by atomic mass is 19.4. The molecule has 19 heavy (non-hydrogen) atoms. The Kier molecular flexibility index (Phi) is 3.32. The molecule has 0 aliphatic carbocycles. The van der Waals surface area contributed by atoms with Crippen LogP contribution in [-0.2, 0) is 6.42 Å². The molecule has 2 N–H and O–H groups in total. The van der Waals surface area contributed by atoms with E-state index in [1.54, 1.807) is 12.1 Å². The molecule has 0 radical (unpaired) electrons. The molecule has 0 aliphatic heterocycles. The number of ether oxygens (including phenoxy) is 1. The Balaban J connectivity index is 2.25. The van der Waals surface area contributed by atoms with E-state index < -0.39 is 18.4 Å². The zero-order valence-electron chi connectivity index (χ0n) is 9.86. The molecule has 8 heteroatoms. The van der Waals surface area contributed by atoms with Crippen LogP contribution in [0.3, 0.4) is 0 Å². The van der Waals surface area contributed by atoms with Crippen LogP contribution in [0.4, 0.5) is 18.9 Å². The van der Waals surface area contributed by atoms with Gasteiger partial charge in [0.1, 0.15) is 12.2 Å². The Morgan fingerprint density at radius 3 is 2.68 bits per heavy atom. The van der Waals surface area contributed by atoms with Gasteiger partial charge < -0.3 is 15.0 Å². The number of anilines is 1. The Morgan fingerprint density at radius 2 is 2.11 bits per heavy atom. The Labute approximate surface area is 106 Å². The number of aromatic nitrogens is 2. The molecule has 0 saturated carbocycles. The van der Waals surface area contributed by atoms with E-state index in [1.165, 1.54) is 13.2 Å². The van der Waals surface area contributed by atoms with Crippen LogP contribution in [0.5, 0.6) is 5.75 Å². The molecule has 0 saturated heterocycles. The van der Waals surface area contributed by atoms with Gasteiger partial charge in [0.05, 0.1) is 12.8 Å². The van der Waals surface area contributed by atoms with Crippen molar-refractivity contribution in [2.45, 2.75) is 12.6 Å². The Hall–Kier alpha value is -2.25. The summed E-state index contributed by atoms with van der Waals surface area (Å²) in [4.78, 5) is 3.67. The Bertz CT molecular complexity index is 581. The maximum atomic E-state index is 12.2. The maximum Gasteiger partial charge on any atom is 0.396 e. The van der Waals surface area contributed by atoms with Crippen LogP contribution < -0.4 is 10.5 Å². The number of hydrogen-bond acceptors (Lipinski definition) is 5. The maximum absolute atomic E-state index is 12.2. The first-order chi connectivity index (χ1) is 8.89. The molecule has 1 heterocycles. The second kappa shape index (κ2) is 4.79. The summed E-state index contributed by atoms with van der Waals surface area (Å²) in [7, 11) is 1.46. The first kappa shape index (κ1) is 13.2. The molecular formula is C11H10F3N3O2. The number of nitrogen functional groups attached to an aromatic ring is 1. The average molecular weight is 273 g/mol. The zero-order valence-corrected chi connectivity index (χ0v) is 9.86. The molecule has 5 nitrogen and oxygen atoms in total. The van der Waals surface area contributed by atoms with Gasteiger partial charge in [-0.15, -0.1) is 0 Å². The summed E-state index contributed by atoms with van der Waals surface area (Å²) in [5.41, 5.74) is 6.44. The number of halogens is 3. The smallest absolute Gasteiger partial charge is 0.396 e. The molecule has 0 aliphatic rings. The largest absolute Gasteiger partial charge is 0.495 e. The lowest BCUT2D eigenvalue weighted by Crippen LogP contribution is -2.12. The van der Waals surface area contributed by atoms with Crippen LogP contribution in [0.15, 0.2) is 22.7 Å². The fourth-order valence-corrected chi connectivity index (χ4v) is 1.49. The van der Waals surface area contributed by atoms with E-state index in [-0.39, 0.29) is 5.89 Å². The summed E-state index contributed by atoms with van der Waals surface area (Å²) in [5.74, 6) is 0.0178. The van der Waals surface area contributed by atoms with E-state index in [1.807, 2.05) is 0 Å². The normalized spacial score (nSPS) is 11.6. The third kappa shape index (κ3) is 3.15. The second-order valence-corrected chi connectivity index (χ2v) is 3.76. The molecule has 0 unspecified atom stereocenters. The van der Waals surface area contributed by atoms with Gasteiger partial charge in [0.15, 0.2) is 5.82 Å². The summed E-state index contributed by atoms with van der Waals surface area (Å²) >= 11 is 0. The van der Waals surface area contributed by atoms with Crippen LogP contribution in [0.1, 0.15) is 5.82 Å². The number of nitrogens with two attached hydrogens (primary N) is 1. The molecule has 1 aromatic heterocycles. The minimum atomic E-state index is -4.37. The highest BCUT2D eigenvalue weighted by molar-refractivity contribution is 5.65. The van der Waals surface area contributed by atoms with Crippen LogP contribution in [0, 0.1) is 0 Å². The highest BCUT2D eigenvalue weighted by Gasteiger charge is 2.30. The molecule has 1 aromatic carbocycles. The molecule has 0 amide bonds. The van der Waals surface area contributed by atoms with Crippen LogP contribution in [0.2, 0.25) is 0 Å². The van der Waals surface area contributed by atoms with Gasteiger partial charge in [-0.1, -0.05) is 5.16 Å². The summed E-state index contributed by atoms with van der Waals surface area (Å²) in [5, 5.41) is 3.27. The fourth-order valence-electron chi connectivity index (χ4n) is 1.49. The number of rotatable bonds is 3. The van der Waals surface area contributed by atoms with Crippen molar-refractivity contribution in [2.24, 2.45) is 0 Å². The van der Waals surface area contributed by atoms with Gasteiger partial charge in [-0.2, -0.15) is 18.2 Å². The fraction of sp³-hybridized carbons (Fsp3) is 0.273. The third-order valence-corrected chi connectivity index (χ3v) is 2.30. The van der Waals surface area contributed by atoms with E-state index in [2.05, 4.69) is 10.1 Å². The van der Waals surface area contributed by atoms with Crippen molar-refractivity contribution >= 4 is 5.69 Å². The number of benzene rings is 1. The minimum absolute atomic E-state index is 0.0198. The molecule has 0 atom stereocenters. The lowest BCUT2D eigenvalue weighted by Gasteiger charge is -2.04. The highest BCUT2D eigenvalue weighted by Crippen LogP contribution is 2.28. The second-order valence-electron chi connectivity index (χ2n) is 3.76. The molecule has 2 rings (SSSR count). The number of alkyl halides is 3. The third-order valence-electron chi connectivity index (χ3n) is 2.30. The first-order valence-electron chi connectivity index (χ1n) is 5.22. The van der Waals surface area contributed by atoms with Gasteiger partial charge in [-0.25, -0.2) is 0 Å². The lowest BCUT2D eigenvalue weighted by molar-refractivity contribution is -0.128. The van der Waals surface area contributed by atoms with Crippen molar-refractivity contribution in [3.63, 3.8) is 0 Å². The van der Waals surface area contributed by atoms with Gasteiger partial charge in [0.2, 0.25) is 0 Å². The molecular weight excluding hydrogens is 263 g/mol. The predicted octanol–water partition coefficient (Wildman–Crippen LogP) is 2.43. The molecule has 102 valence electrons. The SMILES string of the molecule is COc1ccc(-c2nc(CC(F)(F)F)no2)cc1N. The van der Waals surface area contributed by atoms with Crippen molar-refractivity contribution < 1.29 is 22.4 Å². The summed E-state index contributed by atoms with van der Waals surface area (Å²) in [6.45, 7) is 0. The van der Waals surface area contributed by atoms with Gasteiger partial charge >= 0.3 is 6.18 Å². The van der Waals surface area contributed by atoms with Crippen molar-refractivity contribution in [1.82, 2.24) is 10.1 Å². The van der Waals surface area contributed by atoms with Crippen molar-refractivity contribution in [2.75, 3.05) is 12.8 Å². The Morgan fingerprint density at radius 1 is 1.37 bits per heavy atom. The van der Waals surface area contributed by atoms with Crippen molar-refractivity contribution in [3.05, 3.63) is 24.0 Å². The average Bonchev–Trinajstić information content (AvgIpc) is 2.75. The van der Waals surface area contributed by atoms with E-state index in [0.29, 0.717) is 17.0 Å². The van der Waals surface area contributed by atoms with E-state index in [0.717, 1.165) is 0 Å².